The summed E-state index contributed by atoms with van der Waals surface area (Å²) in [6, 6.07) is 10.9. The molecule has 1 heterocycles. The lowest BCUT2D eigenvalue weighted by Gasteiger charge is -2.32. The van der Waals surface area contributed by atoms with E-state index in [1.54, 1.807) is 19.2 Å². The summed E-state index contributed by atoms with van der Waals surface area (Å²) in [6.07, 6.45) is 2.93. The SMILES string of the molecule is CNC1CCCN(C(=O)c2ccc(OC)cc2)C1.COc1cc(C=O)cc(OC)c1OC. The van der Waals surface area contributed by atoms with Crippen LogP contribution in [-0.4, -0.2) is 71.7 Å². The molecule has 1 saturated heterocycles. The minimum atomic E-state index is 0.109. The maximum atomic E-state index is 12.3. The first-order valence-electron chi connectivity index (χ1n) is 10.4. The van der Waals surface area contributed by atoms with E-state index in [9.17, 15) is 9.59 Å². The number of benzene rings is 2. The van der Waals surface area contributed by atoms with E-state index < -0.39 is 0 Å². The highest BCUT2D eigenvalue weighted by molar-refractivity contribution is 5.94. The van der Waals surface area contributed by atoms with Crippen LogP contribution < -0.4 is 24.3 Å². The van der Waals surface area contributed by atoms with Gasteiger partial charge < -0.3 is 29.2 Å². The van der Waals surface area contributed by atoms with Crippen LogP contribution in [0.15, 0.2) is 36.4 Å². The second-order valence-electron chi connectivity index (χ2n) is 7.18. The summed E-state index contributed by atoms with van der Waals surface area (Å²) in [4.78, 5) is 24.8. The summed E-state index contributed by atoms with van der Waals surface area (Å²) in [7, 11) is 8.10. The monoisotopic (exact) mass is 444 g/mol. The lowest BCUT2D eigenvalue weighted by atomic mass is 10.0. The molecule has 0 spiro atoms. The van der Waals surface area contributed by atoms with E-state index in [4.69, 9.17) is 18.9 Å². The topological polar surface area (TPSA) is 86.3 Å². The molecular weight excluding hydrogens is 412 g/mol. The number of nitrogens with zero attached hydrogens (tertiary/aromatic N) is 1. The normalized spacial score (nSPS) is 15.2. The van der Waals surface area contributed by atoms with Gasteiger partial charge in [-0.1, -0.05) is 0 Å². The van der Waals surface area contributed by atoms with E-state index in [2.05, 4.69) is 5.32 Å². The van der Waals surface area contributed by atoms with Crippen LogP contribution in [0.3, 0.4) is 0 Å². The largest absolute Gasteiger partial charge is 0.497 e. The van der Waals surface area contributed by atoms with E-state index in [1.165, 1.54) is 21.3 Å². The summed E-state index contributed by atoms with van der Waals surface area (Å²) in [5.41, 5.74) is 1.21. The molecule has 1 aliphatic heterocycles. The van der Waals surface area contributed by atoms with Crippen LogP contribution in [0.2, 0.25) is 0 Å². The smallest absolute Gasteiger partial charge is 0.253 e. The predicted octanol–water partition coefficient (Wildman–Crippen LogP) is 3.04. The Morgan fingerprint density at radius 2 is 1.62 bits per heavy atom. The van der Waals surface area contributed by atoms with E-state index in [-0.39, 0.29) is 5.91 Å². The second-order valence-corrected chi connectivity index (χ2v) is 7.18. The number of carbonyl (C=O) groups excluding carboxylic acids is 2. The predicted molar refractivity (Wildman–Crippen MR) is 122 cm³/mol. The Morgan fingerprint density at radius 1 is 1.00 bits per heavy atom. The second kappa shape index (κ2) is 12.6. The van der Waals surface area contributed by atoms with Crippen molar-refractivity contribution >= 4 is 12.2 Å². The number of likely N-dealkylation sites (tertiary alicyclic amines) is 1. The zero-order chi connectivity index (χ0) is 23.5. The lowest BCUT2D eigenvalue weighted by Crippen LogP contribution is -2.46. The average Bonchev–Trinajstić information content (AvgIpc) is 2.87. The number of carbonyl (C=O) groups is 2. The van der Waals surface area contributed by atoms with Gasteiger partial charge in [0.05, 0.1) is 28.4 Å². The van der Waals surface area contributed by atoms with Gasteiger partial charge in [0.25, 0.3) is 5.91 Å². The van der Waals surface area contributed by atoms with Crippen LogP contribution in [0.5, 0.6) is 23.0 Å². The summed E-state index contributed by atoms with van der Waals surface area (Å²) in [5.74, 6) is 2.33. The van der Waals surface area contributed by atoms with Crippen LogP contribution in [0, 0.1) is 0 Å². The van der Waals surface area contributed by atoms with Crippen LogP contribution in [0.25, 0.3) is 0 Å². The molecule has 1 N–H and O–H groups in total. The number of rotatable bonds is 7. The van der Waals surface area contributed by atoms with Crippen molar-refractivity contribution in [2.24, 2.45) is 0 Å². The minimum Gasteiger partial charge on any atom is -0.497 e. The molecule has 0 bridgehead atoms. The molecule has 8 nitrogen and oxygen atoms in total. The third-order valence-electron chi connectivity index (χ3n) is 5.28. The van der Waals surface area contributed by atoms with Crippen molar-refractivity contribution in [2.45, 2.75) is 18.9 Å². The molecule has 1 aliphatic rings. The summed E-state index contributed by atoms with van der Waals surface area (Å²) < 4.78 is 20.3. The molecular formula is C24H32N2O6. The van der Waals surface area contributed by atoms with E-state index in [0.29, 0.717) is 28.9 Å². The van der Waals surface area contributed by atoms with Crippen molar-refractivity contribution < 1.29 is 28.5 Å². The van der Waals surface area contributed by atoms with Crippen LogP contribution >= 0.6 is 0 Å². The molecule has 0 aliphatic carbocycles. The fraction of sp³-hybridized carbons (Fsp3) is 0.417. The fourth-order valence-corrected chi connectivity index (χ4v) is 3.48. The molecule has 8 heteroatoms. The lowest BCUT2D eigenvalue weighted by molar-refractivity contribution is 0.0698. The first kappa shape index (κ1) is 25.0. The molecule has 174 valence electrons. The van der Waals surface area contributed by atoms with Crippen molar-refractivity contribution in [3.05, 3.63) is 47.5 Å². The van der Waals surface area contributed by atoms with Crippen LogP contribution in [0.4, 0.5) is 0 Å². The summed E-state index contributed by atoms with van der Waals surface area (Å²) >= 11 is 0. The Labute approximate surface area is 189 Å². The maximum Gasteiger partial charge on any atom is 0.253 e. The van der Waals surface area contributed by atoms with Crippen molar-refractivity contribution in [2.75, 3.05) is 48.6 Å². The van der Waals surface area contributed by atoms with Crippen molar-refractivity contribution in [1.29, 1.82) is 0 Å². The minimum absolute atomic E-state index is 0.109. The maximum absolute atomic E-state index is 12.3. The van der Waals surface area contributed by atoms with Gasteiger partial charge in [0.2, 0.25) is 5.75 Å². The van der Waals surface area contributed by atoms with Crippen LogP contribution in [0.1, 0.15) is 33.6 Å². The van der Waals surface area contributed by atoms with Gasteiger partial charge in [-0.3, -0.25) is 9.59 Å². The number of ether oxygens (including phenoxy) is 4. The Kier molecular flexibility index (Phi) is 9.81. The molecule has 0 saturated carbocycles. The molecule has 3 rings (SSSR count). The molecule has 0 radical (unpaired) electrons. The highest BCUT2D eigenvalue weighted by Gasteiger charge is 2.23. The van der Waals surface area contributed by atoms with Crippen molar-refractivity contribution in [3.8, 4) is 23.0 Å². The van der Waals surface area contributed by atoms with Gasteiger partial charge in [-0.25, -0.2) is 0 Å². The number of methoxy groups -OCH3 is 4. The fourth-order valence-electron chi connectivity index (χ4n) is 3.48. The van der Waals surface area contributed by atoms with E-state index >= 15 is 0 Å². The third kappa shape index (κ3) is 6.37. The van der Waals surface area contributed by atoms with Gasteiger partial charge in [0, 0.05) is 30.3 Å². The molecule has 1 amide bonds. The Hall–Kier alpha value is -3.26. The molecule has 2 aromatic rings. The molecule has 32 heavy (non-hydrogen) atoms. The van der Waals surface area contributed by atoms with Gasteiger partial charge in [0.15, 0.2) is 11.5 Å². The van der Waals surface area contributed by atoms with Gasteiger partial charge in [-0.2, -0.15) is 0 Å². The Balaban J connectivity index is 0.000000235. The number of likely N-dealkylation sites (N-methyl/N-ethyl adjacent to an activating group) is 1. The summed E-state index contributed by atoms with van der Waals surface area (Å²) in [5, 5.41) is 3.24. The standard InChI is InChI=1S/C14H20N2O2.C10H12O4/c1-15-12-4-3-9-16(10-12)14(17)11-5-7-13(18-2)8-6-11;1-12-8-4-7(6-11)5-9(13-2)10(8)14-3/h5-8,12,15H,3-4,9-10H2,1-2H3;4-6H,1-3H3. The van der Waals surface area contributed by atoms with Gasteiger partial charge in [0.1, 0.15) is 12.0 Å². The molecule has 1 atom stereocenters. The van der Waals surface area contributed by atoms with Crippen molar-refractivity contribution in [1.82, 2.24) is 10.2 Å². The molecule has 1 unspecified atom stereocenters. The third-order valence-corrected chi connectivity index (χ3v) is 5.28. The zero-order valence-corrected chi connectivity index (χ0v) is 19.3. The number of aldehydes is 1. The molecule has 2 aromatic carbocycles. The van der Waals surface area contributed by atoms with E-state index in [1.807, 2.05) is 36.2 Å². The number of amides is 1. The quantitative estimate of drug-likeness (QED) is 0.657. The zero-order valence-electron chi connectivity index (χ0n) is 19.3. The summed E-state index contributed by atoms with van der Waals surface area (Å²) in [6.45, 7) is 1.64. The van der Waals surface area contributed by atoms with Gasteiger partial charge in [-0.15, -0.1) is 0 Å². The van der Waals surface area contributed by atoms with E-state index in [0.717, 1.165) is 43.5 Å². The number of hydrogen-bond donors (Lipinski definition) is 1. The highest BCUT2D eigenvalue weighted by atomic mass is 16.5. The molecule has 0 aromatic heterocycles. The number of piperidine rings is 1. The first-order valence-corrected chi connectivity index (χ1v) is 10.4. The molecule has 1 fully saturated rings. The number of nitrogens with one attached hydrogen (secondary N) is 1. The average molecular weight is 445 g/mol. The Morgan fingerprint density at radius 3 is 2.09 bits per heavy atom. The van der Waals surface area contributed by atoms with Crippen LogP contribution in [-0.2, 0) is 0 Å². The first-order chi connectivity index (χ1) is 15.5. The van der Waals surface area contributed by atoms with Gasteiger partial charge in [-0.05, 0) is 56.3 Å². The highest BCUT2D eigenvalue weighted by Crippen LogP contribution is 2.37. The number of hydrogen-bond acceptors (Lipinski definition) is 7. The Bertz CT molecular complexity index is 860. The van der Waals surface area contributed by atoms with Crippen molar-refractivity contribution in [3.63, 3.8) is 0 Å². The van der Waals surface area contributed by atoms with Gasteiger partial charge >= 0.3 is 0 Å².